The molecular weight excluding hydrogens is 411 g/mol. The standard InChI is InChI=1S/C22H29ClN2O3.ClH/c1-26-20-15-17(16-21(27-2)22(20)28-3)7-6-10-24-11-13-25(14-12-24)19-9-5-4-8-18(19)23;/h4-5,8-9,15-16H,6-7,10-14H2,1-3H3;1H. The minimum Gasteiger partial charge on any atom is -0.493 e. The number of para-hydroxylation sites is 1. The Morgan fingerprint density at radius 2 is 1.52 bits per heavy atom. The molecule has 1 fully saturated rings. The summed E-state index contributed by atoms with van der Waals surface area (Å²) in [5, 5.41) is 0.832. The van der Waals surface area contributed by atoms with Crippen LogP contribution in [0.5, 0.6) is 17.2 Å². The zero-order valence-corrected chi connectivity index (χ0v) is 18.9. The first-order chi connectivity index (χ1) is 13.7. The Morgan fingerprint density at radius 1 is 0.897 bits per heavy atom. The maximum absolute atomic E-state index is 6.33. The molecule has 5 nitrogen and oxygen atoms in total. The fraction of sp³-hybridized carbons (Fsp3) is 0.455. The lowest BCUT2D eigenvalue weighted by molar-refractivity contribution is 0.255. The number of benzene rings is 2. The molecule has 0 atom stereocenters. The molecule has 0 N–H and O–H groups in total. The normalized spacial score (nSPS) is 14.3. The van der Waals surface area contributed by atoms with E-state index in [4.69, 9.17) is 25.8 Å². The third-order valence-corrected chi connectivity index (χ3v) is 5.55. The van der Waals surface area contributed by atoms with Gasteiger partial charge >= 0.3 is 0 Å². The second-order valence-electron chi connectivity index (χ2n) is 6.92. The molecule has 2 aromatic rings. The number of methoxy groups -OCH3 is 3. The maximum atomic E-state index is 6.33. The predicted molar refractivity (Wildman–Crippen MR) is 122 cm³/mol. The van der Waals surface area contributed by atoms with Crippen LogP contribution in [0.1, 0.15) is 12.0 Å². The summed E-state index contributed by atoms with van der Waals surface area (Å²) in [6.07, 6.45) is 2.06. The average molecular weight is 441 g/mol. The van der Waals surface area contributed by atoms with Crippen LogP contribution in [0.4, 0.5) is 5.69 Å². The summed E-state index contributed by atoms with van der Waals surface area (Å²) in [5.74, 6) is 2.07. The van der Waals surface area contributed by atoms with Gasteiger partial charge in [0, 0.05) is 26.2 Å². The molecule has 0 spiro atoms. The van der Waals surface area contributed by atoms with Gasteiger partial charge in [-0.2, -0.15) is 0 Å². The lowest BCUT2D eigenvalue weighted by atomic mass is 10.1. The van der Waals surface area contributed by atoms with Crippen molar-refractivity contribution < 1.29 is 14.2 Å². The molecule has 0 radical (unpaired) electrons. The van der Waals surface area contributed by atoms with Gasteiger partial charge in [-0.05, 0) is 49.2 Å². The molecule has 1 saturated heterocycles. The SMILES string of the molecule is COc1cc(CCCN2CCN(c3ccccc3Cl)CC2)cc(OC)c1OC.Cl. The number of hydrogen-bond acceptors (Lipinski definition) is 5. The molecule has 1 heterocycles. The summed E-state index contributed by atoms with van der Waals surface area (Å²) in [6, 6.07) is 12.2. The van der Waals surface area contributed by atoms with Gasteiger partial charge in [0.1, 0.15) is 0 Å². The molecule has 160 valence electrons. The highest BCUT2D eigenvalue weighted by Crippen LogP contribution is 2.38. The predicted octanol–water partition coefficient (Wildman–Crippen LogP) is 4.54. The molecule has 0 aromatic heterocycles. The van der Waals surface area contributed by atoms with Gasteiger partial charge < -0.3 is 19.1 Å². The second kappa shape index (κ2) is 11.4. The van der Waals surface area contributed by atoms with Crippen molar-refractivity contribution in [3.8, 4) is 17.2 Å². The van der Waals surface area contributed by atoms with Gasteiger partial charge in [0.15, 0.2) is 11.5 Å². The zero-order chi connectivity index (χ0) is 19.9. The van der Waals surface area contributed by atoms with Crippen molar-refractivity contribution in [1.29, 1.82) is 0 Å². The van der Waals surface area contributed by atoms with Gasteiger partial charge in [-0.1, -0.05) is 23.7 Å². The molecular formula is C22H30Cl2N2O3. The van der Waals surface area contributed by atoms with Crippen LogP contribution in [-0.4, -0.2) is 59.0 Å². The first-order valence-corrected chi connectivity index (χ1v) is 10.0. The first kappa shape index (κ1) is 23.5. The van der Waals surface area contributed by atoms with E-state index in [1.165, 1.54) is 5.56 Å². The van der Waals surface area contributed by atoms with Crippen LogP contribution in [0.15, 0.2) is 36.4 Å². The fourth-order valence-corrected chi connectivity index (χ4v) is 3.96. The van der Waals surface area contributed by atoms with Crippen molar-refractivity contribution in [3.05, 3.63) is 47.0 Å². The largest absolute Gasteiger partial charge is 0.493 e. The lowest BCUT2D eigenvalue weighted by Gasteiger charge is -2.36. The Morgan fingerprint density at radius 3 is 2.07 bits per heavy atom. The second-order valence-corrected chi connectivity index (χ2v) is 7.32. The number of aryl methyl sites for hydroxylation is 1. The van der Waals surface area contributed by atoms with Gasteiger partial charge in [-0.25, -0.2) is 0 Å². The van der Waals surface area contributed by atoms with Crippen molar-refractivity contribution in [3.63, 3.8) is 0 Å². The number of piperazine rings is 1. The molecule has 0 bridgehead atoms. The minimum atomic E-state index is 0. The Labute approximate surface area is 184 Å². The molecule has 1 aliphatic rings. The quantitative estimate of drug-likeness (QED) is 0.601. The molecule has 0 aliphatic carbocycles. The van der Waals surface area contributed by atoms with Crippen molar-refractivity contribution >= 4 is 29.7 Å². The van der Waals surface area contributed by atoms with E-state index < -0.39 is 0 Å². The summed E-state index contributed by atoms with van der Waals surface area (Å²) in [7, 11) is 4.93. The summed E-state index contributed by atoms with van der Waals surface area (Å²) >= 11 is 6.33. The number of anilines is 1. The number of ether oxygens (including phenoxy) is 3. The van der Waals surface area contributed by atoms with Crippen LogP contribution in [0.2, 0.25) is 5.02 Å². The van der Waals surface area contributed by atoms with Gasteiger partial charge in [0.25, 0.3) is 0 Å². The van der Waals surface area contributed by atoms with E-state index >= 15 is 0 Å². The summed E-state index contributed by atoms with van der Waals surface area (Å²) in [5.41, 5.74) is 2.34. The van der Waals surface area contributed by atoms with E-state index in [1.54, 1.807) is 21.3 Å². The molecule has 29 heavy (non-hydrogen) atoms. The third-order valence-electron chi connectivity index (χ3n) is 5.23. The van der Waals surface area contributed by atoms with Gasteiger partial charge in [-0.3, -0.25) is 4.90 Å². The first-order valence-electron chi connectivity index (χ1n) is 9.67. The van der Waals surface area contributed by atoms with Crippen LogP contribution < -0.4 is 19.1 Å². The third kappa shape index (κ3) is 5.84. The number of halogens is 2. The average Bonchev–Trinajstić information content (AvgIpc) is 2.74. The summed E-state index contributed by atoms with van der Waals surface area (Å²) in [4.78, 5) is 4.89. The fourth-order valence-electron chi connectivity index (χ4n) is 3.71. The Hall–Kier alpha value is -1.82. The minimum absolute atomic E-state index is 0. The molecule has 3 rings (SSSR count). The highest BCUT2D eigenvalue weighted by molar-refractivity contribution is 6.33. The Balaban J connectivity index is 0.00000300. The van der Waals surface area contributed by atoms with Crippen molar-refractivity contribution in [2.75, 3.05) is 59.0 Å². The molecule has 2 aromatic carbocycles. The lowest BCUT2D eigenvalue weighted by Crippen LogP contribution is -2.46. The molecule has 7 heteroatoms. The van der Waals surface area contributed by atoms with Crippen molar-refractivity contribution in [2.24, 2.45) is 0 Å². The van der Waals surface area contributed by atoms with Crippen LogP contribution in [0, 0.1) is 0 Å². The topological polar surface area (TPSA) is 34.2 Å². The number of hydrogen-bond donors (Lipinski definition) is 0. The molecule has 1 aliphatic heterocycles. The monoisotopic (exact) mass is 440 g/mol. The number of nitrogens with zero attached hydrogens (tertiary/aromatic N) is 2. The highest BCUT2D eigenvalue weighted by Gasteiger charge is 2.19. The summed E-state index contributed by atoms with van der Waals surface area (Å²) < 4.78 is 16.3. The smallest absolute Gasteiger partial charge is 0.203 e. The molecule has 0 amide bonds. The zero-order valence-electron chi connectivity index (χ0n) is 17.3. The summed E-state index contributed by atoms with van der Waals surface area (Å²) in [6.45, 7) is 5.20. The highest BCUT2D eigenvalue weighted by atomic mass is 35.5. The van der Waals surface area contributed by atoms with E-state index in [9.17, 15) is 0 Å². The van der Waals surface area contributed by atoms with Gasteiger partial charge in [-0.15, -0.1) is 12.4 Å². The van der Waals surface area contributed by atoms with Crippen LogP contribution in [0.25, 0.3) is 0 Å². The van der Waals surface area contributed by atoms with E-state index in [2.05, 4.69) is 15.9 Å². The number of rotatable bonds is 8. The Kier molecular flexibility index (Phi) is 9.21. The van der Waals surface area contributed by atoms with Crippen LogP contribution >= 0.6 is 24.0 Å². The van der Waals surface area contributed by atoms with E-state index in [0.29, 0.717) is 17.2 Å². The van der Waals surface area contributed by atoms with Gasteiger partial charge in [0.05, 0.1) is 32.0 Å². The van der Waals surface area contributed by atoms with Crippen molar-refractivity contribution in [1.82, 2.24) is 4.90 Å². The van der Waals surface area contributed by atoms with Crippen molar-refractivity contribution in [2.45, 2.75) is 12.8 Å². The maximum Gasteiger partial charge on any atom is 0.203 e. The van der Waals surface area contributed by atoms with Crippen LogP contribution in [0.3, 0.4) is 0 Å². The van der Waals surface area contributed by atoms with Crippen LogP contribution in [-0.2, 0) is 6.42 Å². The van der Waals surface area contributed by atoms with E-state index in [-0.39, 0.29) is 12.4 Å². The Bertz CT molecular complexity index is 755. The van der Waals surface area contributed by atoms with E-state index in [1.807, 2.05) is 30.3 Å². The van der Waals surface area contributed by atoms with Gasteiger partial charge in [0.2, 0.25) is 5.75 Å². The van der Waals surface area contributed by atoms with E-state index in [0.717, 1.165) is 56.3 Å². The molecule has 0 unspecified atom stereocenters. The molecule has 0 saturated carbocycles.